The number of nitrogens with one attached hydrogen (secondary N) is 1. The largest absolute Gasteiger partial charge is 0.478 e. The van der Waals surface area contributed by atoms with Gasteiger partial charge in [-0.2, -0.15) is 0 Å². The molecule has 1 rings (SSSR count). The average Bonchev–Trinajstić information content (AvgIpc) is 2.34. The standard InChI is InChI=1S/C5H5NO5S/c7-5(8)3-1-4(11-2-3)6-12(9)10/h1-2,12H,(H,7,8)(H,6,9,10). The second kappa shape index (κ2) is 3.26. The van der Waals surface area contributed by atoms with E-state index in [1.54, 1.807) is 0 Å². The summed E-state index contributed by atoms with van der Waals surface area (Å²) < 4.78 is 26.6. The van der Waals surface area contributed by atoms with E-state index < -0.39 is 16.9 Å². The molecule has 0 spiro atoms. The maximum Gasteiger partial charge on any atom is 0.339 e. The van der Waals surface area contributed by atoms with Crippen molar-refractivity contribution in [3.63, 3.8) is 0 Å². The first-order valence-electron chi connectivity index (χ1n) is 2.82. The molecule has 12 heavy (non-hydrogen) atoms. The first-order valence-corrected chi connectivity index (χ1v) is 4.00. The molecule has 66 valence electrons. The lowest BCUT2D eigenvalue weighted by molar-refractivity contribution is 0.0696. The molecule has 0 saturated heterocycles. The van der Waals surface area contributed by atoms with Crippen molar-refractivity contribution in [1.82, 2.24) is 0 Å². The van der Waals surface area contributed by atoms with Gasteiger partial charge in [0.1, 0.15) is 6.26 Å². The second-order valence-electron chi connectivity index (χ2n) is 1.87. The summed E-state index contributed by atoms with van der Waals surface area (Å²) in [4.78, 5) is 10.3. The maximum atomic E-state index is 10.3. The molecule has 0 radical (unpaired) electrons. The number of carboxylic acid groups (broad SMARTS) is 1. The molecule has 2 N–H and O–H groups in total. The number of aromatic carboxylic acids is 1. The van der Waals surface area contributed by atoms with Gasteiger partial charge in [-0.1, -0.05) is 0 Å². The smallest absolute Gasteiger partial charge is 0.339 e. The summed E-state index contributed by atoms with van der Waals surface area (Å²) in [5, 5.41) is 8.39. The van der Waals surface area contributed by atoms with Crippen LogP contribution < -0.4 is 4.72 Å². The Balaban J connectivity index is 2.84. The lowest BCUT2D eigenvalue weighted by Gasteiger charge is -1.86. The molecule has 1 heterocycles. The zero-order chi connectivity index (χ0) is 9.14. The van der Waals surface area contributed by atoms with Crippen LogP contribution in [-0.4, -0.2) is 19.5 Å². The van der Waals surface area contributed by atoms with Gasteiger partial charge in [-0.25, -0.2) is 13.2 Å². The van der Waals surface area contributed by atoms with E-state index in [1.807, 2.05) is 4.72 Å². The molecular weight excluding hydrogens is 186 g/mol. The quantitative estimate of drug-likeness (QED) is 0.580. The third kappa shape index (κ3) is 1.99. The fraction of sp³-hybridized carbons (Fsp3) is 0. The van der Waals surface area contributed by atoms with Gasteiger partial charge in [-0.15, -0.1) is 0 Å². The van der Waals surface area contributed by atoms with E-state index in [4.69, 9.17) is 5.11 Å². The molecule has 1 aromatic heterocycles. The minimum atomic E-state index is -2.82. The van der Waals surface area contributed by atoms with Gasteiger partial charge in [0.2, 0.25) is 16.8 Å². The third-order valence-corrected chi connectivity index (χ3v) is 1.45. The first kappa shape index (κ1) is 8.60. The number of hydrogen-bond donors (Lipinski definition) is 3. The Kier molecular flexibility index (Phi) is 2.34. The number of hydrogen-bond acceptors (Lipinski definition) is 4. The Morgan fingerprint density at radius 2 is 2.25 bits per heavy atom. The van der Waals surface area contributed by atoms with Crippen LogP contribution in [0.4, 0.5) is 5.88 Å². The van der Waals surface area contributed by atoms with E-state index in [2.05, 4.69) is 4.42 Å². The number of rotatable bonds is 3. The Hall–Kier alpha value is -1.50. The molecule has 0 aliphatic rings. The van der Waals surface area contributed by atoms with Crippen molar-refractivity contribution < 1.29 is 22.7 Å². The number of thiol groups is 1. The highest BCUT2D eigenvalue weighted by molar-refractivity contribution is 7.73. The van der Waals surface area contributed by atoms with Crippen molar-refractivity contribution >= 4 is 22.7 Å². The number of carbonyl (C=O) groups is 1. The van der Waals surface area contributed by atoms with Gasteiger partial charge >= 0.3 is 5.97 Å². The number of anilines is 1. The lowest BCUT2D eigenvalue weighted by atomic mass is 10.3. The van der Waals surface area contributed by atoms with Gasteiger partial charge in [-0.3, -0.25) is 4.72 Å². The summed E-state index contributed by atoms with van der Waals surface area (Å²) in [7, 11) is -2.82. The second-order valence-corrected chi connectivity index (χ2v) is 2.61. The molecular formula is C5H5NO5S. The van der Waals surface area contributed by atoms with Gasteiger partial charge in [0.15, 0.2) is 0 Å². The normalized spacial score (nSPS) is 10.1. The predicted molar refractivity (Wildman–Crippen MR) is 39.6 cm³/mol. The predicted octanol–water partition coefficient (Wildman–Crippen LogP) is -0.0839. The first-order chi connectivity index (χ1) is 5.59. The Morgan fingerprint density at radius 1 is 1.58 bits per heavy atom. The average molecular weight is 191 g/mol. The van der Waals surface area contributed by atoms with Crippen LogP contribution in [0.25, 0.3) is 0 Å². The number of carboxylic acids is 1. The fourth-order valence-corrected chi connectivity index (χ4v) is 0.894. The minimum absolute atomic E-state index is 0.102. The fourth-order valence-electron chi connectivity index (χ4n) is 0.597. The Morgan fingerprint density at radius 3 is 2.67 bits per heavy atom. The van der Waals surface area contributed by atoms with E-state index >= 15 is 0 Å². The van der Waals surface area contributed by atoms with Crippen molar-refractivity contribution in [2.24, 2.45) is 0 Å². The van der Waals surface area contributed by atoms with Gasteiger partial charge in [0, 0.05) is 6.07 Å². The zero-order valence-corrected chi connectivity index (χ0v) is 6.58. The summed E-state index contributed by atoms with van der Waals surface area (Å²) in [5.41, 5.74) is -0.102. The van der Waals surface area contributed by atoms with Crippen molar-refractivity contribution in [2.75, 3.05) is 4.72 Å². The Bertz CT molecular complexity index is 358. The molecule has 0 aromatic carbocycles. The highest BCUT2D eigenvalue weighted by Crippen LogP contribution is 2.12. The minimum Gasteiger partial charge on any atom is -0.478 e. The SMILES string of the molecule is O=C(O)c1coc(N[SH](=O)=O)c1. The van der Waals surface area contributed by atoms with Gasteiger partial charge < -0.3 is 9.52 Å². The number of furan rings is 1. The van der Waals surface area contributed by atoms with Crippen LogP contribution in [0.1, 0.15) is 10.4 Å². The van der Waals surface area contributed by atoms with E-state index in [0.717, 1.165) is 12.3 Å². The van der Waals surface area contributed by atoms with E-state index in [9.17, 15) is 13.2 Å². The van der Waals surface area contributed by atoms with Crippen molar-refractivity contribution in [2.45, 2.75) is 0 Å². The summed E-state index contributed by atoms with van der Waals surface area (Å²) in [6, 6.07) is 1.08. The summed E-state index contributed by atoms with van der Waals surface area (Å²) in [6.45, 7) is 0. The molecule has 6 nitrogen and oxygen atoms in total. The van der Waals surface area contributed by atoms with E-state index in [0.29, 0.717) is 0 Å². The lowest BCUT2D eigenvalue weighted by Crippen LogP contribution is -1.94. The van der Waals surface area contributed by atoms with Crippen LogP contribution in [0.3, 0.4) is 0 Å². The molecule has 1 aromatic rings. The van der Waals surface area contributed by atoms with Crippen LogP contribution in [0.2, 0.25) is 0 Å². The Labute approximate surface area is 68.9 Å². The molecule has 7 heteroatoms. The van der Waals surface area contributed by atoms with Crippen molar-refractivity contribution in [1.29, 1.82) is 0 Å². The highest BCUT2D eigenvalue weighted by Gasteiger charge is 2.07. The van der Waals surface area contributed by atoms with Gasteiger partial charge in [0.25, 0.3) is 0 Å². The van der Waals surface area contributed by atoms with Crippen LogP contribution in [-0.2, 0) is 10.9 Å². The molecule has 0 atom stereocenters. The molecule has 0 aliphatic heterocycles. The summed E-state index contributed by atoms with van der Waals surface area (Å²) in [6.07, 6.45) is 0.948. The van der Waals surface area contributed by atoms with Crippen molar-refractivity contribution in [3.8, 4) is 0 Å². The zero-order valence-electron chi connectivity index (χ0n) is 5.68. The van der Waals surface area contributed by atoms with Crippen LogP contribution in [0.5, 0.6) is 0 Å². The summed E-state index contributed by atoms with van der Waals surface area (Å²) in [5.74, 6) is -1.28. The van der Waals surface area contributed by atoms with Gasteiger partial charge in [-0.05, 0) is 0 Å². The van der Waals surface area contributed by atoms with E-state index in [-0.39, 0.29) is 11.4 Å². The maximum absolute atomic E-state index is 10.3. The van der Waals surface area contributed by atoms with Crippen molar-refractivity contribution in [3.05, 3.63) is 17.9 Å². The molecule has 0 saturated carbocycles. The third-order valence-electron chi connectivity index (χ3n) is 1.05. The molecule has 0 unspecified atom stereocenters. The molecule has 0 aliphatic carbocycles. The highest BCUT2D eigenvalue weighted by atomic mass is 32.2. The monoisotopic (exact) mass is 191 g/mol. The van der Waals surface area contributed by atoms with E-state index in [1.165, 1.54) is 0 Å². The molecule has 0 bridgehead atoms. The van der Waals surface area contributed by atoms with Gasteiger partial charge in [0.05, 0.1) is 5.56 Å². The van der Waals surface area contributed by atoms with Crippen LogP contribution >= 0.6 is 0 Å². The molecule has 0 fully saturated rings. The summed E-state index contributed by atoms with van der Waals surface area (Å²) >= 11 is 0. The van der Waals surface area contributed by atoms with Crippen LogP contribution in [0.15, 0.2) is 16.7 Å². The molecule has 0 amide bonds. The van der Waals surface area contributed by atoms with Crippen LogP contribution in [0, 0.1) is 0 Å². The topological polar surface area (TPSA) is 96.6 Å².